The summed E-state index contributed by atoms with van der Waals surface area (Å²) in [4.78, 5) is 2.73. The van der Waals surface area contributed by atoms with Crippen molar-refractivity contribution in [3.63, 3.8) is 0 Å². The molecule has 8 bridgehead atoms. The highest BCUT2D eigenvalue weighted by molar-refractivity contribution is 7.81. The van der Waals surface area contributed by atoms with Crippen molar-refractivity contribution in [1.82, 2.24) is 10.2 Å². The average Bonchev–Trinajstić information content (AvgIpc) is 2.57. The van der Waals surface area contributed by atoms with Gasteiger partial charge in [0.25, 0.3) is 0 Å². The molecule has 0 aromatic carbocycles. The van der Waals surface area contributed by atoms with Gasteiger partial charge >= 0.3 is 0 Å². The molecule has 5 heteroatoms. The molecular formula is C22H33N3S2. The third kappa shape index (κ3) is 2.78. The summed E-state index contributed by atoms with van der Waals surface area (Å²) in [5.41, 5.74) is 5.89. The van der Waals surface area contributed by atoms with Gasteiger partial charge in [0.15, 0.2) is 10.2 Å². The largest absolute Gasteiger partial charge is 0.376 e. The van der Waals surface area contributed by atoms with Crippen molar-refractivity contribution in [2.45, 2.75) is 76.3 Å². The number of nitrogens with one attached hydrogen (secondary N) is 1. The summed E-state index contributed by atoms with van der Waals surface area (Å²) in [6.45, 7) is 0. The fraction of sp³-hybridized carbons (Fsp3) is 0.909. The molecule has 0 aromatic heterocycles. The van der Waals surface area contributed by atoms with Gasteiger partial charge in [-0.1, -0.05) is 0 Å². The summed E-state index contributed by atoms with van der Waals surface area (Å²) in [6, 6.07) is 1.30. The third-order valence-electron chi connectivity index (χ3n) is 9.46. The van der Waals surface area contributed by atoms with E-state index < -0.39 is 0 Å². The lowest BCUT2D eigenvalue weighted by Crippen LogP contribution is -2.67. The first-order valence-corrected chi connectivity index (χ1v) is 12.3. The average molecular weight is 404 g/mol. The van der Waals surface area contributed by atoms with E-state index in [1.54, 1.807) is 0 Å². The Morgan fingerprint density at radius 3 is 1.26 bits per heavy atom. The van der Waals surface area contributed by atoms with Crippen molar-refractivity contribution < 1.29 is 0 Å². The van der Waals surface area contributed by atoms with Crippen molar-refractivity contribution in [2.24, 2.45) is 53.1 Å². The van der Waals surface area contributed by atoms with E-state index in [9.17, 15) is 0 Å². The molecule has 0 radical (unpaired) electrons. The molecule has 0 saturated heterocycles. The van der Waals surface area contributed by atoms with E-state index in [1.165, 1.54) is 64.2 Å². The quantitative estimate of drug-likeness (QED) is 0.681. The summed E-state index contributed by atoms with van der Waals surface area (Å²) < 4.78 is 0. The number of hydrogen-bond donors (Lipinski definition) is 2. The highest BCUT2D eigenvalue weighted by Crippen LogP contribution is 2.59. The first-order chi connectivity index (χ1) is 13.0. The predicted molar refractivity (Wildman–Crippen MR) is 116 cm³/mol. The van der Waals surface area contributed by atoms with Gasteiger partial charge in [-0.15, -0.1) is 0 Å². The Kier molecular flexibility index (Phi) is 4.06. The molecule has 0 aliphatic heterocycles. The Bertz CT molecular complexity index is 564. The lowest BCUT2D eigenvalue weighted by molar-refractivity contribution is -0.105. The van der Waals surface area contributed by atoms with Crippen LogP contribution >= 0.6 is 24.4 Å². The molecule has 8 aliphatic carbocycles. The second-order valence-electron chi connectivity index (χ2n) is 11.0. The Hall–Kier alpha value is -0.420. The van der Waals surface area contributed by atoms with E-state index in [2.05, 4.69) is 10.2 Å². The zero-order valence-corrected chi connectivity index (χ0v) is 17.8. The number of hydrogen-bond acceptors (Lipinski definition) is 2. The third-order valence-corrected chi connectivity index (χ3v) is 9.88. The minimum absolute atomic E-state index is 0.345. The second kappa shape index (κ2) is 6.29. The Morgan fingerprint density at radius 2 is 0.963 bits per heavy atom. The molecule has 0 spiro atoms. The van der Waals surface area contributed by atoms with Gasteiger partial charge in [0.1, 0.15) is 0 Å². The van der Waals surface area contributed by atoms with Gasteiger partial charge in [-0.25, -0.2) is 0 Å². The molecule has 27 heavy (non-hydrogen) atoms. The molecule has 0 heterocycles. The van der Waals surface area contributed by atoms with Crippen LogP contribution in [0.2, 0.25) is 0 Å². The van der Waals surface area contributed by atoms with Gasteiger partial charge in [0.2, 0.25) is 0 Å². The fourth-order valence-electron chi connectivity index (χ4n) is 9.34. The lowest BCUT2D eigenvalue weighted by Gasteiger charge is -2.63. The van der Waals surface area contributed by atoms with Gasteiger partial charge in [0.05, 0.1) is 0 Å². The van der Waals surface area contributed by atoms with Crippen LogP contribution in [-0.2, 0) is 0 Å². The molecule has 8 rings (SSSR count). The number of nitrogens with zero attached hydrogens (tertiary/aromatic N) is 1. The fourth-order valence-corrected chi connectivity index (χ4v) is 9.86. The zero-order valence-electron chi connectivity index (χ0n) is 16.2. The summed E-state index contributed by atoms with van der Waals surface area (Å²) in [6.07, 6.45) is 14.5. The van der Waals surface area contributed by atoms with E-state index in [0.29, 0.717) is 17.2 Å². The minimum Gasteiger partial charge on any atom is -0.376 e. The van der Waals surface area contributed by atoms with Crippen LogP contribution in [0.15, 0.2) is 0 Å². The van der Waals surface area contributed by atoms with Crippen LogP contribution in [0, 0.1) is 47.3 Å². The summed E-state index contributed by atoms with van der Waals surface area (Å²) in [5.74, 6) is 7.41. The molecule has 0 amide bonds. The highest BCUT2D eigenvalue weighted by atomic mass is 32.1. The maximum Gasteiger partial charge on any atom is 0.175 e. The highest BCUT2D eigenvalue weighted by Gasteiger charge is 2.56. The minimum atomic E-state index is 0.345. The van der Waals surface area contributed by atoms with Crippen LogP contribution < -0.4 is 11.1 Å². The zero-order chi connectivity index (χ0) is 18.3. The molecule has 8 fully saturated rings. The van der Waals surface area contributed by atoms with Gasteiger partial charge in [-0.2, -0.15) is 0 Å². The van der Waals surface area contributed by atoms with Gasteiger partial charge in [-0.05, 0) is 136 Å². The molecule has 3 nitrogen and oxygen atoms in total. The van der Waals surface area contributed by atoms with Crippen LogP contribution in [0.1, 0.15) is 64.2 Å². The maximum absolute atomic E-state index is 6.00. The molecule has 0 atom stereocenters. The van der Waals surface area contributed by atoms with Crippen LogP contribution in [-0.4, -0.2) is 27.2 Å². The number of rotatable bonds is 2. The van der Waals surface area contributed by atoms with Gasteiger partial charge < -0.3 is 16.0 Å². The Balaban J connectivity index is 1.35. The first-order valence-electron chi connectivity index (χ1n) is 11.4. The van der Waals surface area contributed by atoms with Crippen molar-refractivity contribution in [2.75, 3.05) is 0 Å². The molecule has 0 aromatic rings. The molecule has 3 N–H and O–H groups in total. The monoisotopic (exact) mass is 403 g/mol. The van der Waals surface area contributed by atoms with Gasteiger partial charge in [-0.3, -0.25) is 0 Å². The van der Waals surface area contributed by atoms with Crippen molar-refractivity contribution in [3.8, 4) is 0 Å². The summed E-state index contributed by atoms with van der Waals surface area (Å²) >= 11 is 11.2. The Labute approximate surface area is 174 Å². The Morgan fingerprint density at radius 1 is 0.630 bits per heavy atom. The van der Waals surface area contributed by atoms with Crippen LogP contribution in [0.25, 0.3) is 0 Å². The molecular weight excluding hydrogens is 370 g/mol. The van der Waals surface area contributed by atoms with Crippen LogP contribution in [0.4, 0.5) is 0 Å². The molecule has 148 valence electrons. The standard InChI is InChI=1S/C22H33N3S2/c23-21(26)24-22(27)25(19-15-3-11-1-12(5-15)6-16(19)4-11)20-17-7-13-2-14(9-17)10-18(20)8-13/h11-20H,1-10H2,(H3,23,24,26,27). The van der Waals surface area contributed by atoms with E-state index in [1.807, 2.05) is 0 Å². The second-order valence-corrected chi connectivity index (χ2v) is 11.9. The number of nitrogens with two attached hydrogens (primary N) is 1. The SMILES string of the molecule is NC(=S)NC(=S)N(C1C2CC3CC(C2)CC1C3)C1C2CC3CC(C2)CC1C3. The molecule has 8 aliphatic rings. The molecule has 8 saturated carbocycles. The lowest BCUT2D eigenvalue weighted by atomic mass is 9.51. The normalized spacial score (nSPS) is 51.4. The van der Waals surface area contributed by atoms with Crippen molar-refractivity contribution >= 4 is 34.7 Å². The van der Waals surface area contributed by atoms with Crippen LogP contribution in [0.3, 0.4) is 0 Å². The summed E-state index contributed by atoms with van der Waals surface area (Å²) in [7, 11) is 0. The topological polar surface area (TPSA) is 41.3 Å². The first kappa shape index (κ1) is 17.4. The van der Waals surface area contributed by atoms with Crippen molar-refractivity contribution in [3.05, 3.63) is 0 Å². The van der Waals surface area contributed by atoms with E-state index in [0.717, 1.165) is 52.5 Å². The molecule has 0 unspecified atom stereocenters. The summed E-state index contributed by atoms with van der Waals surface area (Å²) in [5, 5.41) is 4.43. The van der Waals surface area contributed by atoms with E-state index in [-0.39, 0.29) is 0 Å². The van der Waals surface area contributed by atoms with E-state index in [4.69, 9.17) is 30.2 Å². The van der Waals surface area contributed by atoms with Crippen molar-refractivity contribution in [1.29, 1.82) is 0 Å². The van der Waals surface area contributed by atoms with Crippen LogP contribution in [0.5, 0.6) is 0 Å². The maximum atomic E-state index is 6.00. The van der Waals surface area contributed by atoms with Gasteiger partial charge in [0, 0.05) is 12.1 Å². The van der Waals surface area contributed by atoms with E-state index >= 15 is 0 Å². The number of thiocarbonyl (C=S) groups is 2. The predicted octanol–water partition coefficient (Wildman–Crippen LogP) is 4.06. The smallest absolute Gasteiger partial charge is 0.175 e.